The number of hydrogen-bond donors (Lipinski definition) is 2. The van der Waals surface area contributed by atoms with Crippen molar-refractivity contribution >= 4 is 5.82 Å². The molecule has 29 heavy (non-hydrogen) atoms. The summed E-state index contributed by atoms with van der Waals surface area (Å²) in [5.74, 6) is 0.838. The first-order valence-corrected chi connectivity index (χ1v) is 9.89. The average Bonchev–Trinajstić information content (AvgIpc) is 2.96. The number of alkyl halides is 3. The minimum absolute atomic E-state index is 0.0949. The number of hydrogen-bond acceptors (Lipinski definition) is 5. The third kappa shape index (κ3) is 3.73. The number of piperidine rings is 1. The molecule has 3 heterocycles. The molecule has 0 spiro atoms. The minimum Gasteiger partial charge on any atom is -0.392 e. The number of rotatable bonds is 5. The van der Waals surface area contributed by atoms with Gasteiger partial charge in [0.1, 0.15) is 5.82 Å². The van der Waals surface area contributed by atoms with E-state index >= 15 is 0 Å². The Balaban J connectivity index is 1.61. The van der Waals surface area contributed by atoms with Crippen LogP contribution < -0.4 is 5.73 Å². The van der Waals surface area contributed by atoms with Crippen molar-refractivity contribution in [2.45, 2.75) is 45.0 Å². The van der Waals surface area contributed by atoms with Crippen LogP contribution in [0.25, 0.3) is 11.3 Å². The third-order valence-corrected chi connectivity index (χ3v) is 5.91. The molecule has 1 saturated carbocycles. The molecule has 6 nitrogen and oxygen atoms in total. The van der Waals surface area contributed by atoms with Gasteiger partial charge in [0.15, 0.2) is 0 Å². The number of pyridine rings is 1. The van der Waals surface area contributed by atoms with E-state index in [0.717, 1.165) is 24.8 Å². The summed E-state index contributed by atoms with van der Waals surface area (Å²) in [5.41, 5.74) is 6.35. The number of nitrogens with two attached hydrogens (primary N) is 1. The van der Waals surface area contributed by atoms with Crippen molar-refractivity contribution in [1.29, 1.82) is 0 Å². The quantitative estimate of drug-likeness (QED) is 0.793. The number of β-amino-alcohol motifs (C(OH)–C–C–N with tert-alkyl or cyclic N) is 1. The fourth-order valence-corrected chi connectivity index (χ4v) is 4.63. The topological polar surface area (TPSA) is 80.2 Å². The van der Waals surface area contributed by atoms with Crippen LogP contribution in [-0.4, -0.2) is 50.5 Å². The number of halogens is 3. The Morgan fingerprint density at radius 2 is 1.86 bits per heavy atom. The predicted molar refractivity (Wildman–Crippen MR) is 103 cm³/mol. The van der Waals surface area contributed by atoms with E-state index in [4.69, 9.17) is 5.73 Å². The van der Waals surface area contributed by atoms with Crippen LogP contribution in [0.3, 0.4) is 0 Å². The van der Waals surface area contributed by atoms with E-state index in [9.17, 15) is 18.3 Å². The molecule has 2 fully saturated rings. The number of nitrogens with zero attached hydrogens (tertiary/aromatic N) is 4. The van der Waals surface area contributed by atoms with Crippen molar-refractivity contribution < 1.29 is 18.3 Å². The summed E-state index contributed by atoms with van der Waals surface area (Å²) in [6.07, 6.45) is -3.56. The number of nitrogen functional groups attached to an aromatic ring is 1. The Kier molecular flexibility index (Phi) is 4.85. The highest BCUT2D eigenvalue weighted by atomic mass is 19.4. The zero-order chi connectivity index (χ0) is 21.1. The summed E-state index contributed by atoms with van der Waals surface area (Å²) in [6.45, 7) is 8.35. The van der Waals surface area contributed by atoms with E-state index in [1.54, 1.807) is 6.92 Å². The van der Waals surface area contributed by atoms with Crippen LogP contribution in [0.1, 0.15) is 44.0 Å². The van der Waals surface area contributed by atoms with E-state index in [2.05, 4.69) is 15.0 Å². The van der Waals surface area contributed by atoms with E-state index in [0.29, 0.717) is 35.6 Å². The lowest BCUT2D eigenvalue weighted by atomic mass is 10.1. The molecule has 4 rings (SSSR count). The van der Waals surface area contributed by atoms with Crippen LogP contribution in [0.4, 0.5) is 19.0 Å². The lowest BCUT2D eigenvalue weighted by Crippen LogP contribution is -2.31. The van der Waals surface area contributed by atoms with Gasteiger partial charge in [-0.15, -0.1) is 0 Å². The van der Waals surface area contributed by atoms with Gasteiger partial charge in [0.2, 0.25) is 0 Å². The Morgan fingerprint density at radius 3 is 2.41 bits per heavy atom. The van der Waals surface area contributed by atoms with Gasteiger partial charge in [0.05, 0.1) is 17.4 Å². The number of anilines is 1. The number of aliphatic hydroxyl groups excluding tert-OH is 1. The van der Waals surface area contributed by atoms with Crippen molar-refractivity contribution in [2.24, 2.45) is 11.8 Å². The third-order valence-electron chi connectivity index (χ3n) is 5.91. The van der Waals surface area contributed by atoms with Gasteiger partial charge in [0.25, 0.3) is 0 Å². The van der Waals surface area contributed by atoms with Gasteiger partial charge in [-0.05, 0) is 44.7 Å². The maximum Gasteiger partial charge on any atom is 0.419 e. The summed E-state index contributed by atoms with van der Waals surface area (Å²) in [7, 11) is 0. The van der Waals surface area contributed by atoms with Crippen LogP contribution in [0.15, 0.2) is 18.3 Å². The lowest BCUT2D eigenvalue weighted by Gasteiger charge is -2.21. The van der Waals surface area contributed by atoms with Crippen LogP contribution in [0.2, 0.25) is 0 Å². The molecule has 0 amide bonds. The Hall–Kier alpha value is -2.13. The molecule has 2 unspecified atom stereocenters. The highest BCUT2D eigenvalue weighted by molar-refractivity contribution is 5.63. The van der Waals surface area contributed by atoms with Crippen molar-refractivity contribution in [2.75, 3.05) is 25.4 Å². The SMILES string of the molecule is CC(O)CN1C[C@@H]2C(c3cc(-c4cnc(N)c(C(F)(F)F)c4)nn3C(C)C)[C@@H]2C1. The second kappa shape index (κ2) is 6.98. The Labute approximate surface area is 167 Å². The molecule has 0 bridgehead atoms. The fourth-order valence-electron chi connectivity index (χ4n) is 4.63. The van der Waals surface area contributed by atoms with Crippen molar-refractivity contribution in [3.8, 4) is 11.3 Å². The minimum atomic E-state index is -4.56. The summed E-state index contributed by atoms with van der Waals surface area (Å²) >= 11 is 0. The van der Waals surface area contributed by atoms with Crippen molar-refractivity contribution in [3.63, 3.8) is 0 Å². The molecular weight excluding hydrogens is 383 g/mol. The summed E-state index contributed by atoms with van der Waals surface area (Å²) in [4.78, 5) is 6.01. The van der Waals surface area contributed by atoms with Gasteiger partial charge < -0.3 is 15.7 Å². The monoisotopic (exact) mass is 409 g/mol. The van der Waals surface area contributed by atoms with Crippen LogP contribution in [0, 0.1) is 11.8 Å². The Bertz CT molecular complexity index is 896. The molecule has 3 N–H and O–H groups in total. The summed E-state index contributed by atoms with van der Waals surface area (Å²) < 4.78 is 41.5. The highest BCUT2D eigenvalue weighted by Gasteiger charge is 2.57. The standard InChI is InChI=1S/C20H26F3N5O/c1-10(2)28-17(18-13-8-27(7-11(3)29)9-14(13)18)5-16(26-28)12-4-15(20(21,22)23)19(24)25-6-12/h4-6,10-11,13-14,18,29H,7-9H2,1-3H3,(H2,24,25)/t11?,13-,14+,18?. The van der Waals surface area contributed by atoms with E-state index in [-0.39, 0.29) is 12.1 Å². The van der Waals surface area contributed by atoms with E-state index < -0.39 is 17.6 Å². The van der Waals surface area contributed by atoms with Gasteiger partial charge in [-0.3, -0.25) is 4.68 Å². The molecule has 4 atom stereocenters. The fraction of sp³-hybridized carbons (Fsp3) is 0.600. The maximum atomic E-state index is 13.2. The first-order valence-electron chi connectivity index (χ1n) is 9.89. The second-order valence-corrected chi connectivity index (χ2v) is 8.57. The first kappa shape index (κ1) is 20.2. The lowest BCUT2D eigenvalue weighted by molar-refractivity contribution is -0.137. The van der Waals surface area contributed by atoms with Crippen LogP contribution in [-0.2, 0) is 6.18 Å². The van der Waals surface area contributed by atoms with Gasteiger partial charge in [-0.2, -0.15) is 18.3 Å². The summed E-state index contributed by atoms with van der Waals surface area (Å²) in [6, 6.07) is 3.02. The van der Waals surface area contributed by atoms with Gasteiger partial charge in [-0.25, -0.2) is 4.98 Å². The molecule has 2 aromatic heterocycles. The number of likely N-dealkylation sites (tertiary alicyclic amines) is 1. The highest BCUT2D eigenvalue weighted by Crippen LogP contribution is 2.58. The van der Waals surface area contributed by atoms with E-state index in [1.165, 1.54) is 6.20 Å². The zero-order valence-electron chi connectivity index (χ0n) is 16.7. The van der Waals surface area contributed by atoms with E-state index in [1.807, 2.05) is 24.6 Å². The maximum absolute atomic E-state index is 13.2. The predicted octanol–water partition coefficient (Wildman–Crippen LogP) is 3.15. The molecule has 0 radical (unpaired) electrons. The molecule has 0 aromatic carbocycles. The number of fused-ring (bicyclic) bond motifs is 1. The number of aromatic nitrogens is 3. The van der Waals surface area contributed by atoms with Gasteiger partial charge in [0, 0.05) is 49.0 Å². The number of aliphatic hydroxyl groups is 1. The second-order valence-electron chi connectivity index (χ2n) is 8.57. The zero-order valence-corrected chi connectivity index (χ0v) is 16.7. The van der Waals surface area contributed by atoms with Crippen LogP contribution in [0.5, 0.6) is 0 Å². The normalized spacial score (nSPS) is 25.4. The van der Waals surface area contributed by atoms with Gasteiger partial charge in [-0.1, -0.05) is 0 Å². The largest absolute Gasteiger partial charge is 0.419 e. The molecule has 2 aromatic rings. The molecular formula is C20H26F3N5O. The average molecular weight is 409 g/mol. The van der Waals surface area contributed by atoms with Crippen LogP contribution >= 0.6 is 0 Å². The molecule has 9 heteroatoms. The molecule has 158 valence electrons. The molecule has 1 aliphatic heterocycles. The first-order chi connectivity index (χ1) is 13.6. The molecule has 2 aliphatic rings. The molecule has 1 saturated heterocycles. The smallest absolute Gasteiger partial charge is 0.392 e. The van der Waals surface area contributed by atoms with Crippen molar-refractivity contribution in [1.82, 2.24) is 19.7 Å². The van der Waals surface area contributed by atoms with Gasteiger partial charge >= 0.3 is 6.18 Å². The van der Waals surface area contributed by atoms with Crippen molar-refractivity contribution in [3.05, 3.63) is 29.6 Å². The summed E-state index contributed by atoms with van der Waals surface area (Å²) in [5, 5.41) is 14.2. The Morgan fingerprint density at radius 1 is 1.21 bits per heavy atom. The molecule has 1 aliphatic carbocycles.